The molecule has 1 aliphatic rings. The summed E-state index contributed by atoms with van der Waals surface area (Å²) >= 11 is 5.66. The lowest BCUT2D eigenvalue weighted by atomic mass is 9.96. The predicted octanol–water partition coefficient (Wildman–Crippen LogP) is -9.76. The molecule has 18 amide bonds. The van der Waals surface area contributed by atoms with Gasteiger partial charge in [-0.25, -0.2) is 9.78 Å². The number of hydrogen-bond donors (Lipinski definition) is 28. The van der Waals surface area contributed by atoms with Crippen LogP contribution in [-0.2, 0) is 102 Å². The number of thiol groups is 1. The number of rotatable bonds is 69. The molecular formula is C79H138N28O22S2. The highest BCUT2D eigenvalue weighted by atomic mass is 32.2. The number of nitrogens with two attached hydrogens (primary N) is 9. The van der Waals surface area contributed by atoms with E-state index in [0.717, 1.165) is 0 Å². The molecule has 0 saturated carbocycles. The van der Waals surface area contributed by atoms with Gasteiger partial charge in [-0.05, 0) is 173 Å². The topological polar surface area (TPSA) is 841 Å². The summed E-state index contributed by atoms with van der Waals surface area (Å²) in [5.74, 6) is -20.2. The van der Waals surface area contributed by atoms with Crippen LogP contribution in [0.1, 0.15) is 181 Å². The van der Waals surface area contributed by atoms with Crippen molar-refractivity contribution in [2.45, 2.75) is 266 Å². The van der Waals surface area contributed by atoms with Crippen molar-refractivity contribution in [3.63, 3.8) is 0 Å². The van der Waals surface area contributed by atoms with E-state index in [2.05, 4.69) is 107 Å². The molecule has 1 aromatic heterocycles. The lowest BCUT2D eigenvalue weighted by Gasteiger charge is -2.33. The number of aromatic nitrogens is 2. The highest BCUT2D eigenvalue weighted by molar-refractivity contribution is 7.98. The van der Waals surface area contributed by atoms with Gasteiger partial charge in [0.15, 0.2) is 5.96 Å². The number of likely N-dealkylation sites (tertiary alicyclic amines) is 1. The molecule has 36 N–H and O–H groups in total. The van der Waals surface area contributed by atoms with Crippen molar-refractivity contribution in [3.05, 3.63) is 18.2 Å². The summed E-state index contributed by atoms with van der Waals surface area (Å²) in [5, 5.41) is 56.8. The number of H-pyrrole nitrogens is 1. The molecule has 1 aliphatic heterocycles. The van der Waals surface area contributed by atoms with E-state index >= 15 is 0 Å². The molecule has 0 aliphatic carbocycles. The molecule has 2 rings (SSSR count). The molecule has 2 heterocycles. The van der Waals surface area contributed by atoms with Gasteiger partial charge in [0.05, 0.1) is 32.0 Å². The van der Waals surface area contributed by atoms with E-state index in [-0.39, 0.29) is 141 Å². The molecule has 131 heavy (non-hydrogen) atoms. The molecule has 52 heteroatoms. The van der Waals surface area contributed by atoms with Gasteiger partial charge >= 0.3 is 11.9 Å². The first-order chi connectivity index (χ1) is 62.2. The Kier molecular flexibility index (Phi) is 56.6. The molecule has 15 atom stereocenters. The molecule has 1 saturated heterocycles. The zero-order valence-corrected chi connectivity index (χ0v) is 76.4. The normalized spacial score (nSPS) is 15.4. The molecule has 0 spiro atoms. The summed E-state index contributed by atoms with van der Waals surface area (Å²) in [6.07, 6.45) is 4.72. The number of carboxylic acids is 2. The van der Waals surface area contributed by atoms with E-state index < -0.39 is 266 Å². The molecule has 1 aromatic rings. The summed E-state index contributed by atoms with van der Waals surface area (Å²) in [5.41, 5.74) is 51.0. The summed E-state index contributed by atoms with van der Waals surface area (Å²) in [7, 11) is 0. The van der Waals surface area contributed by atoms with Crippen LogP contribution in [0.25, 0.3) is 0 Å². The summed E-state index contributed by atoms with van der Waals surface area (Å²) < 4.78 is 0. The Morgan fingerprint density at radius 1 is 0.489 bits per heavy atom. The first-order valence-corrected chi connectivity index (χ1v) is 45.7. The summed E-state index contributed by atoms with van der Waals surface area (Å²) in [4.78, 5) is 283. The van der Waals surface area contributed by atoms with E-state index in [1.165, 1.54) is 36.1 Å². The van der Waals surface area contributed by atoms with Gasteiger partial charge in [0.1, 0.15) is 78.5 Å². The number of carbonyl (C=O) groups is 20. The largest absolute Gasteiger partial charge is 0.481 e. The molecule has 0 bridgehead atoms. The van der Waals surface area contributed by atoms with Crippen molar-refractivity contribution in [2.75, 3.05) is 76.7 Å². The highest BCUT2D eigenvalue weighted by Crippen LogP contribution is 2.23. The maximum absolute atomic E-state index is 14.9. The third-order valence-electron chi connectivity index (χ3n) is 20.9. The third-order valence-corrected chi connectivity index (χ3v) is 21.9. The van der Waals surface area contributed by atoms with Gasteiger partial charge in [-0.3, -0.25) is 96.1 Å². The van der Waals surface area contributed by atoms with Crippen LogP contribution >= 0.6 is 24.4 Å². The number of imidazole rings is 1. The number of aliphatic imine (C=N–C) groups is 1. The Hall–Kier alpha value is -11.6. The van der Waals surface area contributed by atoms with Crippen molar-refractivity contribution in [1.82, 2.24) is 94.6 Å². The number of primary amides is 2. The van der Waals surface area contributed by atoms with Crippen LogP contribution in [0.4, 0.5) is 0 Å². The van der Waals surface area contributed by atoms with Crippen molar-refractivity contribution in [2.24, 2.45) is 62.5 Å². The fourth-order valence-corrected chi connectivity index (χ4v) is 13.9. The van der Waals surface area contributed by atoms with E-state index in [9.17, 15) is 106 Å². The number of thioether (sulfide) groups is 1. The van der Waals surface area contributed by atoms with Crippen LogP contribution < -0.4 is 131 Å². The predicted molar refractivity (Wildman–Crippen MR) is 482 cm³/mol. The number of amides is 18. The first kappa shape index (κ1) is 115. The molecule has 0 radical (unpaired) electrons. The maximum Gasteiger partial charge on any atom is 0.326 e. The van der Waals surface area contributed by atoms with Gasteiger partial charge in [-0.15, -0.1) is 0 Å². The second kappa shape index (κ2) is 64.2. The number of aromatic amines is 1. The van der Waals surface area contributed by atoms with Gasteiger partial charge in [0.2, 0.25) is 106 Å². The van der Waals surface area contributed by atoms with Crippen LogP contribution in [0.5, 0.6) is 0 Å². The summed E-state index contributed by atoms with van der Waals surface area (Å²) in [6, 6.07) is -20.0. The average molecular weight is 1900 g/mol. The smallest absolute Gasteiger partial charge is 0.326 e. The third kappa shape index (κ3) is 46.2. The Morgan fingerprint density at radius 2 is 0.885 bits per heavy atom. The van der Waals surface area contributed by atoms with Crippen molar-refractivity contribution < 1.29 is 106 Å². The van der Waals surface area contributed by atoms with Crippen molar-refractivity contribution in [1.29, 1.82) is 0 Å². The number of hydrogen-bond acceptors (Lipinski definition) is 29. The minimum Gasteiger partial charge on any atom is -0.481 e. The Bertz CT molecular complexity index is 3950. The van der Waals surface area contributed by atoms with Gasteiger partial charge in [0, 0.05) is 56.4 Å². The second-order valence-electron chi connectivity index (χ2n) is 31.5. The second-order valence-corrected chi connectivity index (χ2v) is 32.8. The number of aliphatic carboxylic acids is 2. The number of carboxylic acid groups (broad SMARTS) is 2. The van der Waals surface area contributed by atoms with Gasteiger partial charge in [0.25, 0.3) is 0 Å². The van der Waals surface area contributed by atoms with Crippen LogP contribution in [0.15, 0.2) is 17.5 Å². The number of unbranched alkanes of at least 4 members (excludes halogenated alkanes) is 4. The number of nitrogens with one attached hydrogen (secondary N) is 16. The van der Waals surface area contributed by atoms with E-state index in [4.69, 9.17) is 51.6 Å². The van der Waals surface area contributed by atoms with Gasteiger partial charge in [-0.1, -0.05) is 26.7 Å². The lowest BCUT2D eigenvalue weighted by Crippen LogP contribution is -2.61. The Balaban J connectivity index is 2.41. The first-order valence-electron chi connectivity index (χ1n) is 43.6. The van der Waals surface area contributed by atoms with Crippen LogP contribution in [-0.4, -0.2) is 311 Å². The van der Waals surface area contributed by atoms with Gasteiger partial charge < -0.3 is 151 Å². The highest BCUT2D eigenvalue weighted by Gasteiger charge is 2.43. The molecule has 0 aromatic carbocycles. The quantitative estimate of drug-likeness (QED) is 0.0125. The average Bonchev–Trinajstić information content (AvgIpc) is 1.71. The fraction of sp³-hybridized carbons (Fsp3) is 0.696. The van der Waals surface area contributed by atoms with Crippen molar-refractivity contribution >= 4 is 149 Å². The Morgan fingerprint density at radius 3 is 1.31 bits per heavy atom. The van der Waals surface area contributed by atoms with Crippen molar-refractivity contribution in [3.8, 4) is 0 Å². The number of nitrogens with zero attached hydrogens (tertiary/aromatic N) is 3. The monoisotopic (exact) mass is 1890 g/mol. The SMILES string of the molecule is CCC(C)[C@H](NC(=O)[C@H](CS)NC(=O)[C@H](CCCN=C(N)N)NC(=O)[C@H](CCSC)NC(=O)[C@H](CCCCN)NC(=O)[C@H](C)NC(=O)[C@H](CCCCN)NC(=O)[C@H](CCC(N)=O)NC(=O)CNC(=O)[C@H](CCC(N)=O)NC(=O)CNC(=O)[C@@H](N)CCCCN)C(=O)N1CCC[C@H]1C(=O)N[C@@H](CCC(=O)O)C(=O)N[C@@H](CCCCN)C(=O)NCC(=O)N[C@@H](Cc1cnc[nH]1)C(=O)O. The number of carbonyl (C=O) groups excluding carboxylic acids is 18. The van der Waals surface area contributed by atoms with Crippen LogP contribution in [0.3, 0.4) is 0 Å². The molecule has 1 unspecified atom stereocenters. The standard InChI is InChI=1S/C79H138N28O22S2/c1-5-43(2)64(77(127)107-34-15-21-57(107)76(126)104-53(24-27-63(113)114)73(123)100-47(17-7-11-30-81)67(117)92-40-62(112)98-55(78(128)129)36-45-37-89-42-94-45)106-75(125)56(41-130)105-71(121)50(20-14-33-90-79(87)88)102-74(124)54(28-35-131-4)103-70(120)49(19-9-13-32-83)99-65(115)44(3)95-69(119)48(18-8-12-31-82)101-72(122)52(23-26-59(86)109)97-61(111)39-93-68(118)51(22-25-58(85)108)96-60(110)38-91-66(116)46(84)16-6-10-29-80/h37,42-44,46-57,64,130H,5-36,38-41,80-84H2,1-4H3,(H2,85,108)(H2,86,109)(H,89,94)(H,91,116)(H,92,117)(H,93,118)(H,95,119)(H,96,110)(H,97,111)(H,98,112)(H,99,115)(H,100,123)(H,101,122)(H,102,124)(H,103,120)(H,104,126)(H,105,121)(H,106,125)(H,113,114)(H,128,129)(H4,87,88,90)/t43?,44-,46-,47-,48-,49-,50-,51-,52-,53-,54-,55-,56-,57-,64-/m0/s1. The van der Waals surface area contributed by atoms with E-state index in [1.54, 1.807) is 20.1 Å². The zero-order valence-electron chi connectivity index (χ0n) is 74.7. The maximum atomic E-state index is 14.9. The molecule has 1 fully saturated rings. The van der Waals surface area contributed by atoms with Crippen LogP contribution in [0.2, 0.25) is 0 Å². The van der Waals surface area contributed by atoms with E-state index in [1.807, 2.05) is 0 Å². The molecule has 50 nitrogen and oxygen atoms in total. The lowest BCUT2D eigenvalue weighted by molar-refractivity contribution is -0.144. The summed E-state index contributed by atoms with van der Waals surface area (Å²) in [6.45, 7) is 3.20. The number of guanidine groups is 1. The van der Waals surface area contributed by atoms with Gasteiger partial charge in [-0.2, -0.15) is 24.4 Å². The fourth-order valence-electron chi connectivity index (χ4n) is 13.2. The minimum atomic E-state index is -1.63. The van der Waals surface area contributed by atoms with Crippen LogP contribution in [0, 0.1) is 5.92 Å². The Labute approximate surface area is 769 Å². The van der Waals surface area contributed by atoms with E-state index in [0.29, 0.717) is 44.3 Å². The molecule has 738 valence electrons. The molecular weight excluding hydrogens is 1760 g/mol. The zero-order chi connectivity index (χ0) is 98.2. The minimum absolute atomic E-state index is 0.0298.